The maximum atomic E-state index is 8.29. The number of hydroxylamine groups is 1. The molecular formula is C54H48N4OSi. The van der Waals surface area contributed by atoms with E-state index in [9.17, 15) is 0 Å². The quantitative estimate of drug-likeness (QED) is 0.108. The summed E-state index contributed by atoms with van der Waals surface area (Å²) in [5, 5.41) is 9.73. The van der Waals surface area contributed by atoms with Crippen molar-refractivity contribution < 1.29 is 9.05 Å². The third kappa shape index (κ3) is 6.05. The number of nitrogens with zero attached hydrogens (tertiary/aromatic N) is 4. The predicted molar refractivity (Wildman–Crippen MR) is 254 cm³/mol. The SMILES string of the molecule is [2H]C([2H])([2H])N1ON(c2cccc([Si](c3ccccc3)(c3ccccc3)c3ccc4c5ccccc5n(-c5cc(-c6c(C(C)C)cccc6C(C)C)ccn5)c4c3)c2)c2ccccc21. The van der Waals surface area contributed by atoms with Crippen LogP contribution in [0.15, 0.2) is 188 Å². The molecule has 2 aromatic heterocycles. The molecule has 0 spiro atoms. The number of fused-ring (bicyclic) bond motifs is 4. The lowest BCUT2D eigenvalue weighted by molar-refractivity contribution is 0.142. The number of para-hydroxylation sites is 3. The Hall–Kier alpha value is -6.73. The summed E-state index contributed by atoms with van der Waals surface area (Å²) in [6.07, 6.45) is 1.96. The van der Waals surface area contributed by atoms with Gasteiger partial charge in [-0.05, 0) is 103 Å². The van der Waals surface area contributed by atoms with Crippen LogP contribution in [0.3, 0.4) is 0 Å². The van der Waals surface area contributed by atoms with Crippen LogP contribution in [-0.4, -0.2) is 24.6 Å². The molecule has 0 N–H and O–H groups in total. The van der Waals surface area contributed by atoms with Gasteiger partial charge in [-0.3, -0.25) is 4.57 Å². The van der Waals surface area contributed by atoms with Crippen LogP contribution >= 0.6 is 0 Å². The topological polar surface area (TPSA) is 33.5 Å². The van der Waals surface area contributed by atoms with Crippen LogP contribution in [0.5, 0.6) is 0 Å². The molecule has 0 saturated heterocycles. The molecule has 5 nitrogen and oxygen atoms in total. The van der Waals surface area contributed by atoms with Gasteiger partial charge in [-0.2, -0.15) is 5.06 Å². The molecule has 0 saturated carbocycles. The lowest BCUT2D eigenvalue weighted by atomic mass is 9.85. The van der Waals surface area contributed by atoms with Crippen molar-refractivity contribution in [2.75, 3.05) is 17.1 Å². The van der Waals surface area contributed by atoms with Crippen molar-refractivity contribution in [1.82, 2.24) is 9.55 Å². The molecule has 0 radical (unpaired) electrons. The summed E-state index contributed by atoms with van der Waals surface area (Å²) >= 11 is 0. The van der Waals surface area contributed by atoms with Crippen molar-refractivity contribution in [3.8, 4) is 16.9 Å². The minimum atomic E-state index is -3.16. The van der Waals surface area contributed by atoms with Crippen LogP contribution in [0.4, 0.5) is 17.1 Å². The van der Waals surface area contributed by atoms with Gasteiger partial charge >= 0.3 is 0 Å². The van der Waals surface area contributed by atoms with E-state index in [1.165, 1.54) is 32.3 Å². The standard InChI is InChI=1S/C54H48N4OSi/c1-37(2)45-25-17-26-46(38(3)4)54(45)39-32-33-55-53(34-39)57-49-27-13-12-24-47(49)48-31-30-44(36-52(48)57)60(41-19-8-6-9-20-41,42-21-10-7-11-22-42)43-23-16-18-40(35-43)58-51-29-15-14-28-50(51)56(5)59-58/h6-38H,1-5H3/i5D3. The fourth-order valence-electron chi connectivity index (χ4n) is 9.44. The zero-order valence-corrected chi connectivity index (χ0v) is 35.2. The van der Waals surface area contributed by atoms with Crippen LogP contribution in [-0.2, 0) is 4.94 Å². The van der Waals surface area contributed by atoms with Gasteiger partial charge in [0.05, 0.1) is 28.1 Å². The summed E-state index contributed by atoms with van der Waals surface area (Å²) in [5.74, 6) is 1.57. The van der Waals surface area contributed by atoms with E-state index in [-0.39, 0.29) is 0 Å². The summed E-state index contributed by atoms with van der Waals surface area (Å²) in [6.45, 7) is 6.58. The van der Waals surface area contributed by atoms with Crippen molar-refractivity contribution >= 4 is 67.7 Å². The molecule has 6 heteroatoms. The monoisotopic (exact) mass is 799 g/mol. The first kappa shape index (κ1) is 34.2. The van der Waals surface area contributed by atoms with Crippen LogP contribution in [0.25, 0.3) is 38.8 Å². The van der Waals surface area contributed by atoms with Crippen LogP contribution in [0, 0.1) is 0 Å². The van der Waals surface area contributed by atoms with Gasteiger partial charge in [0.1, 0.15) is 5.82 Å². The Balaban J connectivity index is 1.23. The van der Waals surface area contributed by atoms with Crippen molar-refractivity contribution in [2.24, 2.45) is 0 Å². The second kappa shape index (κ2) is 15.1. The first-order valence-electron chi connectivity index (χ1n) is 22.3. The number of hydrogen-bond donors (Lipinski definition) is 0. The molecule has 294 valence electrons. The fourth-order valence-corrected chi connectivity index (χ4v) is 14.2. The van der Waals surface area contributed by atoms with Gasteiger partial charge in [-0.1, -0.05) is 161 Å². The lowest BCUT2D eigenvalue weighted by Crippen LogP contribution is -2.74. The zero-order chi connectivity index (χ0) is 43.5. The Morgan fingerprint density at radius 2 is 1.13 bits per heavy atom. The molecule has 60 heavy (non-hydrogen) atoms. The van der Waals surface area contributed by atoms with E-state index in [0.29, 0.717) is 23.2 Å². The smallest absolute Gasteiger partial charge is 0.179 e. The van der Waals surface area contributed by atoms with E-state index < -0.39 is 15.0 Å². The summed E-state index contributed by atoms with van der Waals surface area (Å²) < 4.78 is 27.2. The van der Waals surface area contributed by atoms with Crippen LogP contribution < -0.4 is 30.9 Å². The minimum Gasteiger partial charge on any atom is -0.294 e. The molecule has 7 aromatic carbocycles. The molecule has 1 aliphatic heterocycles. The highest BCUT2D eigenvalue weighted by molar-refractivity contribution is 7.20. The maximum absolute atomic E-state index is 8.29. The van der Waals surface area contributed by atoms with Crippen LogP contribution in [0.1, 0.15) is 54.8 Å². The number of aromatic nitrogens is 2. The Morgan fingerprint density at radius 3 is 1.83 bits per heavy atom. The highest BCUT2D eigenvalue weighted by atomic mass is 28.3. The molecular weight excluding hydrogens is 749 g/mol. The van der Waals surface area contributed by atoms with Gasteiger partial charge in [-0.15, -0.1) is 4.94 Å². The summed E-state index contributed by atoms with van der Waals surface area (Å²) in [4.78, 5) is 11.3. The second-order valence-corrected chi connectivity index (χ2v) is 20.1. The number of anilines is 3. The molecule has 9 aromatic rings. The third-order valence-electron chi connectivity index (χ3n) is 12.2. The van der Waals surface area contributed by atoms with Crippen molar-refractivity contribution in [3.05, 3.63) is 199 Å². The molecule has 0 amide bonds. The van der Waals surface area contributed by atoms with Gasteiger partial charge in [-0.25, -0.2) is 10.0 Å². The fraction of sp³-hybridized carbons (Fsp3) is 0.130. The Bertz CT molecular complexity index is 3060. The molecule has 3 heterocycles. The van der Waals surface area contributed by atoms with Crippen molar-refractivity contribution in [1.29, 1.82) is 0 Å². The Labute approximate surface area is 357 Å². The van der Waals surface area contributed by atoms with E-state index in [1.54, 1.807) is 11.1 Å². The molecule has 0 fully saturated rings. The van der Waals surface area contributed by atoms with Gasteiger partial charge in [0, 0.05) is 28.1 Å². The number of rotatable bonds is 9. The van der Waals surface area contributed by atoms with Gasteiger partial charge < -0.3 is 0 Å². The molecule has 0 bridgehead atoms. The van der Waals surface area contributed by atoms with Gasteiger partial charge in [0.25, 0.3) is 0 Å². The van der Waals surface area contributed by atoms with E-state index in [4.69, 9.17) is 14.0 Å². The normalized spacial score (nSPS) is 13.9. The average Bonchev–Trinajstić information content (AvgIpc) is 3.87. The van der Waals surface area contributed by atoms with Crippen LogP contribution in [0.2, 0.25) is 0 Å². The molecule has 10 rings (SSSR count). The first-order valence-corrected chi connectivity index (χ1v) is 22.8. The summed E-state index contributed by atoms with van der Waals surface area (Å²) in [5.41, 5.74) is 9.16. The summed E-state index contributed by atoms with van der Waals surface area (Å²) in [6, 6.07) is 64.4. The van der Waals surface area contributed by atoms with E-state index in [2.05, 4.69) is 184 Å². The zero-order valence-electron chi connectivity index (χ0n) is 37.2. The Morgan fingerprint density at radius 1 is 0.533 bits per heavy atom. The largest absolute Gasteiger partial charge is 0.294 e. The Kier molecular flexibility index (Phi) is 8.62. The second-order valence-electron chi connectivity index (χ2n) is 16.3. The highest BCUT2D eigenvalue weighted by Crippen LogP contribution is 2.41. The van der Waals surface area contributed by atoms with Gasteiger partial charge in [0.15, 0.2) is 8.07 Å². The number of hydrogen-bond acceptors (Lipinski definition) is 4. The summed E-state index contributed by atoms with van der Waals surface area (Å²) in [7, 11) is -3.16. The number of pyridine rings is 1. The average molecular weight is 800 g/mol. The third-order valence-corrected chi connectivity index (χ3v) is 16.9. The molecule has 0 aliphatic carbocycles. The van der Waals surface area contributed by atoms with Gasteiger partial charge in [0.2, 0.25) is 0 Å². The van der Waals surface area contributed by atoms with Crippen molar-refractivity contribution in [2.45, 2.75) is 39.5 Å². The highest BCUT2D eigenvalue weighted by Gasteiger charge is 2.42. The van der Waals surface area contributed by atoms with Crippen molar-refractivity contribution in [3.63, 3.8) is 0 Å². The molecule has 1 aliphatic rings. The minimum absolute atomic E-state index is 0.353. The molecule has 0 unspecified atom stereocenters. The number of benzene rings is 7. The lowest BCUT2D eigenvalue weighted by Gasteiger charge is -2.35. The predicted octanol–water partition coefficient (Wildman–Crippen LogP) is 10.9. The maximum Gasteiger partial charge on any atom is 0.179 e. The van der Waals surface area contributed by atoms with E-state index in [0.717, 1.165) is 49.1 Å². The molecule has 0 atom stereocenters. The first-order chi connectivity index (χ1) is 30.6. The van der Waals surface area contributed by atoms with E-state index >= 15 is 0 Å². The van der Waals surface area contributed by atoms with E-state index in [1.807, 2.05) is 30.5 Å².